The minimum atomic E-state index is -0.132. The zero-order valence-corrected chi connectivity index (χ0v) is 21.0. The number of carbonyl (C=O) groups excluding carboxylic acids is 2. The van der Waals surface area contributed by atoms with Gasteiger partial charge < -0.3 is 10.6 Å². The molecule has 4 aromatic rings. The lowest BCUT2D eigenvalue weighted by Crippen LogP contribution is -2.29. The zero-order valence-electron chi connectivity index (χ0n) is 21.0. The molecule has 36 heavy (non-hydrogen) atoms. The third-order valence-corrected chi connectivity index (χ3v) is 6.84. The van der Waals surface area contributed by atoms with E-state index in [4.69, 9.17) is 10.7 Å². The highest BCUT2D eigenvalue weighted by Crippen LogP contribution is 2.36. The molecule has 184 valence electrons. The Hall–Kier alpha value is -4.07. The molecule has 1 aliphatic heterocycles. The fourth-order valence-corrected chi connectivity index (χ4v) is 4.88. The van der Waals surface area contributed by atoms with Crippen molar-refractivity contribution < 1.29 is 9.59 Å². The smallest absolute Gasteiger partial charge is 0.220 e. The van der Waals surface area contributed by atoms with E-state index in [1.807, 2.05) is 39.8 Å². The van der Waals surface area contributed by atoms with Gasteiger partial charge in [0.15, 0.2) is 0 Å². The topological polar surface area (TPSA) is 106 Å². The average molecular weight is 483 g/mol. The van der Waals surface area contributed by atoms with Gasteiger partial charge in [0.05, 0.1) is 6.04 Å². The largest absolute Gasteiger partial charge is 0.382 e. The molecule has 1 atom stereocenters. The van der Waals surface area contributed by atoms with Crippen LogP contribution in [0.1, 0.15) is 74.0 Å². The van der Waals surface area contributed by atoms with Crippen LogP contribution < -0.4 is 5.73 Å². The van der Waals surface area contributed by atoms with Gasteiger partial charge in [-0.25, -0.2) is 9.97 Å². The second kappa shape index (κ2) is 8.86. The van der Waals surface area contributed by atoms with Crippen LogP contribution in [0.25, 0.3) is 16.8 Å². The summed E-state index contributed by atoms with van der Waals surface area (Å²) in [5.74, 6) is 1.03. The Bertz CT molecular complexity index is 1470. The molecule has 1 fully saturated rings. The third kappa shape index (κ3) is 4.12. The second-order valence-corrected chi connectivity index (χ2v) is 10.3. The fraction of sp³-hybridized carbons (Fsp3) is 0.321. The first-order valence-electron chi connectivity index (χ1n) is 12.2. The summed E-state index contributed by atoms with van der Waals surface area (Å²) in [6.07, 6.45) is 6.93. The number of anilines is 1. The molecule has 8 heteroatoms. The number of nitrogen functional groups attached to an aromatic ring is 1. The number of amides is 1. The third-order valence-electron chi connectivity index (χ3n) is 6.84. The van der Waals surface area contributed by atoms with Crippen molar-refractivity contribution in [1.29, 1.82) is 0 Å². The van der Waals surface area contributed by atoms with Crippen LogP contribution in [0.3, 0.4) is 0 Å². The highest BCUT2D eigenvalue weighted by atomic mass is 16.2. The van der Waals surface area contributed by atoms with Gasteiger partial charge in [-0.1, -0.05) is 45.0 Å². The van der Waals surface area contributed by atoms with Gasteiger partial charge in [-0.05, 0) is 36.0 Å². The highest BCUT2D eigenvalue weighted by Gasteiger charge is 2.32. The summed E-state index contributed by atoms with van der Waals surface area (Å²) in [7, 11) is 0. The molecular weight excluding hydrogens is 452 g/mol. The summed E-state index contributed by atoms with van der Waals surface area (Å²) >= 11 is 0. The number of hydrogen-bond acceptors (Lipinski definition) is 6. The Balaban J connectivity index is 1.53. The molecule has 3 aromatic heterocycles. The zero-order chi connectivity index (χ0) is 25.6. The van der Waals surface area contributed by atoms with Crippen LogP contribution in [0.2, 0.25) is 0 Å². The van der Waals surface area contributed by atoms with Gasteiger partial charge in [0.25, 0.3) is 0 Å². The molecule has 1 aromatic carbocycles. The fourth-order valence-electron chi connectivity index (χ4n) is 4.88. The second-order valence-electron chi connectivity index (χ2n) is 10.3. The Morgan fingerprint density at radius 1 is 1.06 bits per heavy atom. The van der Waals surface area contributed by atoms with E-state index in [9.17, 15) is 9.59 Å². The Morgan fingerprint density at radius 3 is 2.50 bits per heavy atom. The lowest BCUT2D eigenvalue weighted by molar-refractivity contribution is -0.129. The number of nitrogens with zero attached hydrogens (tertiary/aromatic N) is 5. The molecule has 1 saturated heterocycles. The van der Waals surface area contributed by atoms with Crippen molar-refractivity contribution in [3.63, 3.8) is 0 Å². The van der Waals surface area contributed by atoms with Gasteiger partial charge in [-0.2, -0.15) is 0 Å². The molecule has 8 nitrogen and oxygen atoms in total. The number of pyridine rings is 1. The predicted octanol–water partition coefficient (Wildman–Crippen LogP) is 4.59. The summed E-state index contributed by atoms with van der Waals surface area (Å²) in [4.78, 5) is 40.8. The van der Waals surface area contributed by atoms with Crippen molar-refractivity contribution in [2.75, 3.05) is 12.3 Å². The number of fused-ring (bicyclic) bond motifs is 1. The molecule has 0 spiro atoms. The quantitative estimate of drug-likeness (QED) is 0.427. The minimum absolute atomic E-state index is 0.0323. The standard InChI is InChI=1S/C28H30N6O2/c1-17(35)33-14-5-6-22(33)27-32-23(24-26(29)31-13-15-34(24)27)18-7-9-19(10-8-18)25(36)21-16-20(11-12-30-21)28(2,3)4/h7-13,15-16,22H,5-6,14H2,1-4H3,(H2,29,31)/t22-/m0/s1. The Kier molecular flexibility index (Phi) is 5.82. The number of rotatable bonds is 4. The summed E-state index contributed by atoms with van der Waals surface area (Å²) in [6.45, 7) is 8.63. The number of aromatic nitrogens is 4. The highest BCUT2D eigenvalue weighted by molar-refractivity contribution is 6.08. The normalized spacial score (nSPS) is 16.0. The van der Waals surface area contributed by atoms with Crippen molar-refractivity contribution in [3.05, 3.63) is 77.6 Å². The van der Waals surface area contributed by atoms with Crippen LogP contribution >= 0.6 is 0 Å². The number of carbonyl (C=O) groups is 2. The molecule has 5 rings (SSSR count). The Labute approximate surface area is 210 Å². The summed E-state index contributed by atoms with van der Waals surface area (Å²) < 4.78 is 1.94. The first kappa shape index (κ1) is 23.7. The van der Waals surface area contributed by atoms with Gasteiger partial charge >= 0.3 is 0 Å². The molecular formula is C28H30N6O2. The molecule has 0 bridgehead atoms. The number of imidazole rings is 1. The van der Waals surface area contributed by atoms with Crippen molar-refractivity contribution in [3.8, 4) is 11.3 Å². The SMILES string of the molecule is CC(=O)N1CCC[C@H]1c1nc(-c2ccc(C(=O)c3cc(C(C)(C)C)ccn3)cc2)c2c(N)nccn12. The van der Waals surface area contributed by atoms with Crippen LogP contribution in [-0.2, 0) is 10.2 Å². The molecule has 4 heterocycles. The molecule has 2 N–H and O–H groups in total. The first-order valence-corrected chi connectivity index (χ1v) is 12.2. The predicted molar refractivity (Wildman–Crippen MR) is 139 cm³/mol. The van der Waals surface area contributed by atoms with Gasteiger partial charge in [0.1, 0.15) is 28.5 Å². The van der Waals surface area contributed by atoms with E-state index in [2.05, 4.69) is 30.7 Å². The van der Waals surface area contributed by atoms with Gasteiger partial charge in [-0.3, -0.25) is 19.0 Å². The molecule has 1 amide bonds. The van der Waals surface area contributed by atoms with Crippen LogP contribution in [0, 0.1) is 0 Å². The summed E-state index contributed by atoms with van der Waals surface area (Å²) in [6, 6.07) is 11.0. The van der Waals surface area contributed by atoms with E-state index in [-0.39, 0.29) is 23.1 Å². The first-order chi connectivity index (χ1) is 17.1. The molecule has 0 aliphatic carbocycles. The number of ketones is 1. The van der Waals surface area contributed by atoms with Crippen LogP contribution in [-0.4, -0.2) is 42.5 Å². The minimum Gasteiger partial charge on any atom is -0.382 e. The van der Waals surface area contributed by atoms with Crippen molar-refractivity contribution in [2.45, 2.75) is 52.0 Å². The van der Waals surface area contributed by atoms with E-state index < -0.39 is 0 Å². The number of likely N-dealkylation sites (tertiary alicyclic amines) is 1. The molecule has 1 aliphatic rings. The van der Waals surface area contributed by atoms with Crippen molar-refractivity contribution in [2.24, 2.45) is 0 Å². The maximum absolute atomic E-state index is 13.2. The van der Waals surface area contributed by atoms with E-state index in [0.29, 0.717) is 34.8 Å². The van der Waals surface area contributed by atoms with E-state index in [1.165, 1.54) is 0 Å². The van der Waals surface area contributed by atoms with E-state index in [1.54, 1.807) is 31.5 Å². The number of benzene rings is 1. The molecule has 0 radical (unpaired) electrons. The number of nitrogens with two attached hydrogens (primary N) is 1. The molecule has 0 unspecified atom stereocenters. The lowest BCUT2D eigenvalue weighted by atomic mass is 9.87. The van der Waals surface area contributed by atoms with E-state index >= 15 is 0 Å². The van der Waals surface area contributed by atoms with Crippen molar-refractivity contribution in [1.82, 2.24) is 24.3 Å². The number of hydrogen-bond donors (Lipinski definition) is 1. The lowest BCUT2D eigenvalue weighted by Gasteiger charge is -2.22. The van der Waals surface area contributed by atoms with Crippen LogP contribution in [0.5, 0.6) is 0 Å². The van der Waals surface area contributed by atoms with Gasteiger partial charge in [0.2, 0.25) is 11.7 Å². The van der Waals surface area contributed by atoms with Gasteiger partial charge in [0, 0.05) is 43.2 Å². The summed E-state index contributed by atoms with van der Waals surface area (Å²) in [5, 5.41) is 0. The monoisotopic (exact) mass is 482 g/mol. The Morgan fingerprint density at radius 2 is 1.81 bits per heavy atom. The maximum Gasteiger partial charge on any atom is 0.220 e. The average Bonchev–Trinajstić information content (AvgIpc) is 3.49. The molecule has 0 saturated carbocycles. The van der Waals surface area contributed by atoms with Gasteiger partial charge in [-0.15, -0.1) is 0 Å². The van der Waals surface area contributed by atoms with E-state index in [0.717, 1.165) is 29.8 Å². The van der Waals surface area contributed by atoms with Crippen molar-refractivity contribution >= 4 is 23.0 Å². The van der Waals surface area contributed by atoms with Crippen LogP contribution in [0.15, 0.2) is 55.0 Å². The maximum atomic E-state index is 13.2. The summed E-state index contributed by atoms with van der Waals surface area (Å²) in [5.41, 5.74) is 10.4. The van der Waals surface area contributed by atoms with Crippen LogP contribution in [0.4, 0.5) is 5.82 Å².